The van der Waals surface area contributed by atoms with E-state index in [1.54, 1.807) is 12.1 Å². The normalized spacial score (nSPS) is 15.3. The van der Waals surface area contributed by atoms with Gasteiger partial charge >= 0.3 is 0 Å². The van der Waals surface area contributed by atoms with Gasteiger partial charge in [-0.25, -0.2) is 4.98 Å². The molecule has 8 heteroatoms. The van der Waals surface area contributed by atoms with Crippen LogP contribution in [0.15, 0.2) is 53.6 Å². The standard InChI is InChI=1S/C26H31N3O5/c1-33-22-15-20-21(16-23(22)34-2)27-17-29(26(20)32)12-6-9-24(30)28-13-10-19(11-14-28)25(31)18-7-4-3-5-8-18/h3-5,7-8,15-17,19,25,31H,6,9-14H2,1-2H3. The van der Waals surface area contributed by atoms with Crippen LogP contribution in [0.1, 0.15) is 37.4 Å². The van der Waals surface area contributed by atoms with Crippen molar-refractivity contribution in [3.05, 3.63) is 64.7 Å². The average molecular weight is 466 g/mol. The van der Waals surface area contributed by atoms with Gasteiger partial charge in [-0.15, -0.1) is 0 Å². The number of carbonyl (C=O) groups is 1. The summed E-state index contributed by atoms with van der Waals surface area (Å²) in [7, 11) is 3.06. The number of piperidine rings is 1. The fraction of sp³-hybridized carbons (Fsp3) is 0.423. The van der Waals surface area contributed by atoms with Crippen LogP contribution in [0.25, 0.3) is 10.9 Å². The molecule has 1 aliphatic rings. The number of likely N-dealkylation sites (tertiary alicyclic amines) is 1. The van der Waals surface area contributed by atoms with E-state index in [0.29, 0.717) is 54.9 Å². The topological polar surface area (TPSA) is 93.9 Å². The summed E-state index contributed by atoms with van der Waals surface area (Å²) >= 11 is 0. The van der Waals surface area contributed by atoms with Crippen LogP contribution in [-0.2, 0) is 11.3 Å². The second-order valence-electron chi connectivity index (χ2n) is 8.64. The Balaban J connectivity index is 1.31. The van der Waals surface area contributed by atoms with Gasteiger partial charge in [-0.05, 0) is 36.8 Å². The minimum absolute atomic E-state index is 0.0841. The smallest absolute Gasteiger partial charge is 0.261 e. The van der Waals surface area contributed by atoms with E-state index in [2.05, 4.69) is 4.98 Å². The Morgan fingerprint density at radius 1 is 1.12 bits per heavy atom. The fourth-order valence-corrected chi connectivity index (χ4v) is 4.59. The molecule has 4 rings (SSSR count). The number of benzene rings is 2. The quantitative estimate of drug-likeness (QED) is 0.549. The van der Waals surface area contributed by atoms with Crippen molar-refractivity contribution >= 4 is 16.8 Å². The van der Waals surface area contributed by atoms with E-state index in [9.17, 15) is 14.7 Å². The largest absolute Gasteiger partial charge is 0.493 e. The number of methoxy groups -OCH3 is 2. The second kappa shape index (κ2) is 10.7. The zero-order valence-electron chi connectivity index (χ0n) is 19.6. The summed E-state index contributed by atoms with van der Waals surface area (Å²) in [5.41, 5.74) is 1.29. The number of aromatic nitrogens is 2. The van der Waals surface area contributed by atoms with E-state index in [1.807, 2.05) is 35.2 Å². The maximum absolute atomic E-state index is 12.9. The highest BCUT2D eigenvalue weighted by Gasteiger charge is 2.28. The molecular weight excluding hydrogens is 434 g/mol. The number of rotatable bonds is 8. The van der Waals surface area contributed by atoms with E-state index in [0.717, 1.165) is 18.4 Å². The number of fused-ring (bicyclic) bond motifs is 1. The SMILES string of the molecule is COc1cc2ncn(CCCC(=O)N3CCC(C(O)c4ccccc4)CC3)c(=O)c2cc1OC. The minimum atomic E-state index is -0.496. The molecule has 34 heavy (non-hydrogen) atoms. The molecule has 1 amide bonds. The van der Waals surface area contributed by atoms with Crippen LogP contribution in [0, 0.1) is 5.92 Å². The molecule has 0 bridgehead atoms. The number of aryl methyl sites for hydroxylation is 1. The molecule has 0 saturated carbocycles. The van der Waals surface area contributed by atoms with Crippen LogP contribution >= 0.6 is 0 Å². The molecule has 2 aromatic carbocycles. The molecule has 180 valence electrons. The van der Waals surface area contributed by atoms with Crippen molar-refractivity contribution < 1.29 is 19.4 Å². The first-order valence-electron chi connectivity index (χ1n) is 11.6. The van der Waals surface area contributed by atoms with E-state index in [1.165, 1.54) is 25.1 Å². The summed E-state index contributed by atoms with van der Waals surface area (Å²) in [4.78, 5) is 31.9. The maximum atomic E-state index is 12.9. The third-order valence-corrected chi connectivity index (χ3v) is 6.60. The summed E-state index contributed by atoms with van der Waals surface area (Å²) in [5, 5.41) is 11.1. The molecule has 3 aromatic rings. The molecule has 2 heterocycles. The van der Waals surface area contributed by atoms with Gasteiger partial charge in [0.25, 0.3) is 5.56 Å². The van der Waals surface area contributed by atoms with Gasteiger partial charge in [-0.1, -0.05) is 30.3 Å². The highest BCUT2D eigenvalue weighted by Crippen LogP contribution is 2.31. The van der Waals surface area contributed by atoms with Crippen LogP contribution < -0.4 is 15.0 Å². The molecule has 8 nitrogen and oxygen atoms in total. The predicted octanol–water partition coefficient (Wildman–Crippen LogP) is 3.17. The van der Waals surface area contributed by atoms with E-state index in [4.69, 9.17) is 9.47 Å². The van der Waals surface area contributed by atoms with Crippen LogP contribution in [0.4, 0.5) is 0 Å². The minimum Gasteiger partial charge on any atom is -0.493 e. The number of ether oxygens (including phenoxy) is 2. The van der Waals surface area contributed by atoms with Gasteiger partial charge in [0.15, 0.2) is 11.5 Å². The van der Waals surface area contributed by atoms with Crippen LogP contribution in [-0.4, -0.2) is 52.8 Å². The molecule has 1 fully saturated rings. The van der Waals surface area contributed by atoms with Crippen molar-refractivity contribution in [1.29, 1.82) is 0 Å². The molecule has 0 aliphatic carbocycles. The van der Waals surface area contributed by atoms with Gasteiger partial charge in [-0.2, -0.15) is 0 Å². The van der Waals surface area contributed by atoms with Gasteiger partial charge in [-0.3, -0.25) is 14.2 Å². The van der Waals surface area contributed by atoms with Crippen LogP contribution in [0.3, 0.4) is 0 Å². The number of aliphatic hydroxyl groups is 1. The molecular formula is C26H31N3O5. The Morgan fingerprint density at radius 3 is 2.47 bits per heavy atom. The lowest BCUT2D eigenvalue weighted by Gasteiger charge is -2.34. The van der Waals surface area contributed by atoms with Gasteiger partial charge in [0.2, 0.25) is 5.91 Å². The summed E-state index contributed by atoms with van der Waals surface area (Å²) in [6.07, 6.45) is 3.48. The van der Waals surface area contributed by atoms with Gasteiger partial charge in [0.05, 0.1) is 37.6 Å². The molecule has 1 aliphatic heterocycles. The molecule has 1 unspecified atom stereocenters. The molecule has 1 saturated heterocycles. The van der Waals surface area contributed by atoms with E-state index < -0.39 is 6.10 Å². The molecule has 1 atom stereocenters. The summed E-state index contributed by atoms with van der Waals surface area (Å²) < 4.78 is 12.1. The Bertz CT molecular complexity index is 1190. The van der Waals surface area contributed by atoms with Crippen molar-refractivity contribution in [2.75, 3.05) is 27.3 Å². The second-order valence-corrected chi connectivity index (χ2v) is 8.64. The summed E-state index contributed by atoms with van der Waals surface area (Å²) in [5.74, 6) is 1.23. The first-order chi connectivity index (χ1) is 16.5. The number of hydrogen-bond donors (Lipinski definition) is 1. The zero-order chi connectivity index (χ0) is 24.1. The average Bonchev–Trinajstić information content (AvgIpc) is 2.89. The highest BCUT2D eigenvalue weighted by atomic mass is 16.5. The first-order valence-corrected chi connectivity index (χ1v) is 11.6. The summed E-state index contributed by atoms with van der Waals surface area (Å²) in [6.45, 7) is 1.70. The third kappa shape index (κ3) is 5.07. The van der Waals surface area contributed by atoms with Crippen molar-refractivity contribution in [1.82, 2.24) is 14.5 Å². The van der Waals surface area contributed by atoms with Gasteiger partial charge < -0.3 is 19.5 Å². The van der Waals surface area contributed by atoms with Crippen LogP contribution in [0.2, 0.25) is 0 Å². The number of nitrogens with zero attached hydrogens (tertiary/aromatic N) is 3. The van der Waals surface area contributed by atoms with Crippen LogP contribution in [0.5, 0.6) is 11.5 Å². The number of amides is 1. The molecule has 1 N–H and O–H groups in total. The number of hydrogen-bond acceptors (Lipinski definition) is 6. The fourth-order valence-electron chi connectivity index (χ4n) is 4.59. The van der Waals surface area contributed by atoms with Gasteiger partial charge in [0.1, 0.15) is 0 Å². The molecule has 0 radical (unpaired) electrons. The Hall–Kier alpha value is -3.39. The Morgan fingerprint density at radius 2 is 1.79 bits per heavy atom. The third-order valence-electron chi connectivity index (χ3n) is 6.60. The monoisotopic (exact) mass is 465 g/mol. The maximum Gasteiger partial charge on any atom is 0.261 e. The van der Waals surface area contributed by atoms with Crippen molar-refractivity contribution in [2.24, 2.45) is 5.92 Å². The lowest BCUT2D eigenvalue weighted by atomic mass is 9.87. The molecule has 0 spiro atoms. The Kier molecular flexibility index (Phi) is 7.47. The number of carbonyl (C=O) groups excluding carboxylic acids is 1. The Labute approximate surface area is 198 Å². The lowest BCUT2D eigenvalue weighted by Crippen LogP contribution is -2.39. The van der Waals surface area contributed by atoms with E-state index in [-0.39, 0.29) is 17.4 Å². The lowest BCUT2D eigenvalue weighted by molar-refractivity contribution is -0.133. The van der Waals surface area contributed by atoms with Crippen molar-refractivity contribution in [3.63, 3.8) is 0 Å². The number of aliphatic hydroxyl groups excluding tert-OH is 1. The van der Waals surface area contributed by atoms with Crippen molar-refractivity contribution in [2.45, 2.75) is 38.3 Å². The summed E-state index contributed by atoms with van der Waals surface area (Å²) in [6, 6.07) is 13.0. The molecule has 1 aromatic heterocycles. The predicted molar refractivity (Wildman–Crippen MR) is 129 cm³/mol. The zero-order valence-corrected chi connectivity index (χ0v) is 19.6. The van der Waals surface area contributed by atoms with Crippen molar-refractivity contribution in [3.8, 4) is 11.5 Å². The first kappa shape index (κ1) is 23.8. The van der Waals surface area contributed by atoms with E-state index >= 15 is 0 Å². The van der Waals surface area contributed by atoms with Gasteiger partial charge in [0, 0.05) is 32.1 Å². The highest BCUT2D eigenvalue weighted by molar-refractivity contribution is 5.81.